The molecule has 4 nitrogen and oxygen atoms in total. The van der Waals surface area contributed by atoms with Crippen LogP contribution >= 0.6 is 0 Å². The van der Waals surface area contributed by atoms with Crippen molar-refractivity contribution in [2.24, 2.45) is 5.92 Å². The van der Waals surface area contributed by atoms with Crippen LogP contribution in [0.15, 0.2) is 0 Å². The summed E-state index contributed by atoms with van der Waals surface area (Å²) in [5.41, 5.74) is 0. The fraction of sp³-hybridized carbons (Fsp3) is 0.923. The Morgan fingerprint density at radius 3 is 2.88 bits per heavy atom. The first-order chi connectivity index (χ1) is 8.24. The minimum atomic E-state index is -0.229. The van der Waals surface area contributed by atoms with Crippen LogP contribution in [0.2, 0.25) is 0 Å². The van der Waals surface area contributed by atoms with Gasteiger partial charge in [0, 0.05) is 32.1 Å². The van der Waals surface area contributed by atoms with E-state index in [9.17, 15) is 9.90 Å². The maximum Gasteiger partial charge on any atom is 0.220 e. The monoisotopic (exact) mass is 243 g/mol. The van der Waals surface area contributed by atoms with Crippen molar-refractivity contribution in [1.82, 2.24) is 5.32 Å². The maximum absolute atomic E-state index is 11.5. The molecule has 1 rings (SSSR count). The SMILES string of the molecule is CCOCCCC(=O)NCC1CCCCC1O. The van der Waals surface area contributed by atoms with Gasteiger partial charge in [0.15, 0.2) is 0 Å². The molecule has 1 saturated carbocycles. The molecule has 0 spiro atoms. The first kappa shape index (κ1) is 14.5. The maximum atomic E-state index is 11.5. The van der Waals surface area contributed by atoms with Crippen molar-refractivity contribution in [3.05, 3.63) is 0 Å². The molecule has 2 N–H and O–H groups in total. The molecule has 0 aromatic carbocycles. The van der Waals surface area contributed by atoms with Crippen LogP contribution in [0.25, 0.3) is 0 Å². The van der Waals surface area contributed by atoms with Gasteiger partial charge in [0.1, 0.15) is 0 Å². The van der Waals surface area contributed by atoms with E-state index in [-0.39, 0.29) is 17.9 Å². The Labute approximate surface area is 104 Å². The number of hydrogen-bond donors (Lipinski definition) is 2. The van der Waals surface area contributed by atoms with Gasteiger partial charge >= 0.3 is 0 Å². The third kappa shape index (κ3) is 6.03. The fourth-order valence-corrected chi connectivity index (χ4v) is 2.24. The summed E-state index contributed by atoms with van der Waals surface area (Å²) in [5, 5.41) is 12.7. The van der Waals surface area contributed by atoms with Crippen LogP contribution in [0.1, 0.15) is 45.4 Å². The Morgan fingerprint density at radius 1 is 1.41 bits per heavy atom. The van der Waals surface area contributed by atoms with E-state index in [0.29, 0.717) is 26.2 Å². The highest BCUT2D eigenvalue weighted by atomic mass is 16.5. The number of rotatable bonds is 7. The zero-order valence-electron chi connectivity index (χ0n) is 10.8. The average Bonchev–Trinajstić information content (AvgIpc) is 2.34. The normalized spacial score (nSPS) is 24.6. The number of amides is 1. The van der Waals surface area contributed by atoms with E-state index < -0.39 is 0 Å². The van der Waals surface area contributed by atoms with Gasteiger partial charge in [-0.25, -0.2) is 0 Å². The summed E-state index contributed by atoms with van der Waals surface area (Å²) in [7, 11) is 0. The molecule has 2 unspecified atom stereocenters. The van der Waals surface area contributed by atoms with E-state index in [1.807, 2.05) is 6.92 Å². The summed E-state index contributed by atoms with van der Waals surface area (Å²) in [6, 6.07) is 0. The van der Waals surface area contributed by atoms with Gasteiger partial charge in [0.2, 0.25) is 5.91 Å². The van der Waals surface area contributed by atoms with Crippen LogP contribution in [0.5, 0.6) is 0 Å². The van der Waals surface area contributed by atoms with E-state index in [2.05, 4.69) is 5.32 Å². The predicted molar refractivity (Wildman–Crippen MR) is 66.7 cm³/mol. The summed E-state index contributed by atoms with van der Waals surface area (Å²) < 4.78 is 5.18. The number of aliphatic hydroxyl groups is 1. The van der Waals surface area contributed by atoms with Gasteiger partial charge in [-0.3, -0.25) is 4.79 Å². The molecule has 0 aromatic rings. The van der Waals surface area contributed by atoms with Crippen LogP contribution in [-0.2, 0) is 9.53 Å². The molecule has 100 valence electrons. The van der Waals surface area contributed by atoms with Gasteiger partial charge in [0.25, 0.3) is 0 Å². The lowest BCUT2D eigenvalue weighted by molar-refractivity contribution is -0.121. The standard InChI is InChI=1S/C13H25NO3/c1-2-17-9-5-8-13(16)14-10-11-6-3-4-7-12(11)15/h11-12,15H,2-10H2,1H3,(H,14,16). The molecule has 0 aliphatic heterocycles. The topological polar surface area (TPSA) is 58.6 Å². The lowest BCUT2D eigenvalue weighted by Crippen LogP contribution is -2.36. The van der Waals surface area contributed by atoms with Crippen LogP contribution in [0.4, 0.5) is 0 Å². The van der Waals surface area contributed by atoms with Gasteiger partial charge in [0.05, 0.1) is 6.10 Å². The second kappa shape index (κ2) is 8.48. The Balaban J connectivity index is 2.06. The number of carbonyl (C=O) groups excluding carboxylic acids is 1. The second-order valence-corrected chi connectivity index (χ2v) is 4.72. The molecule has 1 aliphatic carbocycles. The number of nitrogens with one attached hydrogen (secondary N) is 1. The molecular weight excluding hydrogens is 218 g/mol. The number of aliphatic hydroxyl groups excluding tert-OH is 1. The third-order valence-corrected chi connectivity index (χ3v) is 3.33. The molecule has 1 amide bonds. The number of carbonyl (C=O) groups is 1. The molecule has 1 aliphatic rings. The van der Waals surface area contributed by atoms with Crippen molar-refractivity contribution < 1.29 is 14.6 Å². The van der Waals surface area contributed by atoms with Crippen molar-refractivity contribution in [2.45, 2.75) is 51.6 Å². The second-order valence-electron chi connectivity index (χ2n) is 4.72. The van der Waals surface area contributed by atoms with Gasteiger partial charge < -0.3 is 15.2 Å². The zero-order valence-corrected chi connectivity index (χ0v) is 10.8. The quantitative estimate of drug-likeness (QED) is 0.666. The molecule has 0 radical (unpaired) electrons. The molecular formula is C13H25NO3. The minimum Gasteiger partial charge on any atom is -0.393 e. The Hall–Kier alpha value is -0.610. The summed E-state index contributed by atoms with van der Waals surface area (Å²) in [5.74, 6) is 0.321. The minimum absolute atomic E-state index is 0.0717. The summed E-state index contributed by atoms with van der Waals surface area (Å²) in [4.78, 5) is 11.5. The first-order valence-corrected chi connectivity index (χ1v) is 6.76. The van der Waals surface area contributed by atoms with Crippen LogP contribution in [0, 0.1) is 5.92 Å². The lowest BCUT2D eigenvalue weighted by Gasteiger charge is -2.27. The number of ether oxygens (including phenoxy) is 1. The van der Waals surface area contributed by atoms with Crippen LogP contribution in [-0.4, -0.2) is 36.9 Å². The van der Waals surface area contributed by atoms with E-state index in [4.69, 9.17) is 4.74 Å². The van der Waals surface area contributed by atoms with Crippen molar-refractivity contribution in [1.29, 1.82) is 0 Å². The van der Waals surface area contributed by atoms with Gasteiger partial charge in [-0.15, -0.1) is 0 Å². The Morgan fingerprint density at radius 2 is 2.18 bits per heavy atom. The zero-order chi connectivity index (χ0) is 12.5. The largest absolute Gasteiger partial charge is 0.393 e. The molecule has 17 heavy (non-hydrogen) atoms. The molecule has 0 saturated heterocycles. The molecule has 4 heteroatoms. The summed E-state index contributed by atoms with van der Waals surface area (Å²) in [6.45, 7) is 3.92. The van der Waals surface area contributed by atoms with Crippen molar-refractivity contribution in [2.75, 3.05) is 19.8 Å². The van der Waals surface area contributed by atoms with Crippen molar-refractivity contribution >= 4 is 5.91 Å². The predicted octanol–water partition coefficient (Wildman–Crippen LogP) is 1.47. The molecule has 1 fully saturated rings. The summed E-state index contributed by atoms with van der Waals surface area (Å²) in [6.07, 6.45) is 5.25. The Bertz CT molecular complexity index is 221. The van der Waals surface area contributed by atoms with Crippen LogP contribution < -0.4 is 5.32 Å². The molecule has 0 bridgehead atoms. The first-order valence-electron chi connectivity index (χ1n) is 6.76. The highest BCUT2D eigenvalue weighted by Crippen LogP contribution is 2.23. The van der Waals surface area contributed by atoms with E-state index in [1.165, 1.54) is 6.42 Å². The van der Waals surface area contributed by atoms with Gasteiger partial charge in [-0.05, 0) is 26.2 Å². The highest BCUT2D eigenvalue weighted by molar-refractivity contribution is 5.75. The highest BCUT2D eigenvalue weighted by Gasteiger charge is 2.22. The molecule has 2 atom stereocenters. The fourth-order valence-electron chi connectivity index (χ4n) is 2.24. The van der Waals surface area contributed by atoms with Crippen molar-refractivity contribution in [3.8, 4) is 0 Å². The third-order valence-electron chi connectivity index (χ3n) is 3.33. The molecule has 0 aromatic heterocycles. The lowest BCUT2D eigenvalue weighted by atomic mass is 9.86. The van der Waals surface area contributed by atoms with Crippen molar-refractivity contribution in [3.63, 3.8) is 0 Å². The Kier molecular flexibility index (Phi) is 7.21. The van der Waals surface area contributed by atoms with Gasteiger partial charge in [-0.1, -0.05) is 12.8 Å². The number of hydrogen-bond acceptors (Lipinski definition) is 3. The van der Waals surface area contributed by atoms with Gasteiger partial charge in [-0.2, -0.15) is 0 Å². The van der Waals surface area contributed by atoms with E-state index >= 15 is 0 Å². The van der Waals surface area contributed by atoms with Crippen LogP contribution in [0.3, 0.4) is 0 Å². The van der Waals surface area contributed by atoms with E-state index in [0.717, 1.165) is 25.7 Å². The smallest absolute Gasteiger partial charge is 0.220 e. The van der Waals surface area contributed by atoms with E-state index in [1.54, 1.807) is 0 Å². The average molecular weight is 243 g/mol. The molecule has 0 heterocycles. The summed E-state index contributed by atoms with van der Waals surface area (Å²) >= 11 is 0.